The summed E-state index contributed by atoms with van der Waals surface area (Å²) in [7, 11) is 0. The first-order chi connectivity index (χ1) is 5.77. The van der Waals surface area contributed by atoms with Crippen molar-refractivity contribution in [3.8, 4) is 9.75 Å². The lowest BCUT2D eigenvalue weighted by molar-refractivity contribution is 1.56. The van der Waals surface area contributed by atoms with E-state index in [1.165, 1.54) is 15.3 Å². The molecule has 0 bridgehead atoms. The summed E-state index contributed by atoms with van der Waals surface area (Å²) in [6, 6.07) is 6.20. The molecule has 2 aromatic heterocycles. The van der Waals surface area contributed by atoms with E-state index in [0.717, 1.165) is 4.34 Å². The molecular weight excluding hydrogens is 208 g/mol. The Balaban J connectivity index is 2.54. The van der Waals surface area contributed by atoms with E-state index in [0.29, 0.717) is 0 Å². The summed E-state index contributed by atoms with van der Waals surface area (Å²) in [5.74, 6) is 0. The molecule has 12 heavy (non-hydrogen) atoms. The Morgan fingerprint density at radius 1 is 1.42 bits per heavy atom. The topological polar surface area (TPSA) is 0 Å². The summed E-state index contributed by atoms with van der Waals surface area (Å²) in [4.78, 5) is 2.61. The Morgan fingerprint density at radius 3 is 2.75 bits per heavy atom. The molecule has 62 valence electrons. The predicted molar refractivity (Wildman–Crippen MR) is 57.4 cm³/mol. The second-order valence-corrected chi connectivity index (χ2v) is 5.17. The maximum absolute atomic E-state index is 5.91. The summed E-state index contributed by atoms with van der Waals surface area (Å²) < 4.78 is 0.871. The second kappa shape index (κ2) is 3.21. The van der Waals surface area contributed by atoms with Crippen LogP contribution in [0.25, 0.3) is 9.75 Å². The maximum atomic E-state index is 5.91. The van der Waals surface area contributed by atoms with Gasteiger partial charge in [0.05, 0.1) is 4.34 Å². The van der Waals surface area contributed by atoms with Gasteiger partial charge in [-0.15, -0.1) is 22.7 Å². The third kappa shape index (κ3) is 1.42. The van der Waals surface area contributed by atoms with Crippen molar-refractivity contribution < 1.29 is 0 Å². The Kier molecular flexibility index (Phi) is 2.22. The lowest BCUT2D eigenvalue weighted by atomic mass is 10.2. The van der Waals surface area contributed by atoms with Gasteiger partial charge in [0.25, 0.3) is 0 Å². The quantitative estimate of drug-likeness (QED) is 0.659. The molecule has 3 heteroatoms. The van der Waals surface area contributed by atoms with Gasteiger partial charge in [0.2, 0.25) is 0 Å². The summed E-state index contributed by atoms with van der Waals surface area (Å²) >= 11 is 9.31. The van der Waals surface area contributed by atoms with Crippen LogP contribution in [0.1, 0.15) is 5.56 Å². The van der Waals surface area contributed by atoms with Gasteiger partial charge in [-0.1, -0.05) is 17.7 Å². The largest absolute Gasteiger partial charge is 0.143 e. The SMILES string of the molecule is Cc1cc(Cl)sc1-c1cccs1. The fourth-order valence-electron chi connectivity index (χ4n) is 1.10. The lowest BCUT2D eigenvalue weighted by Crippen LogP contribution is -1.66. The van der Waals surface area contributed by atoms with Gasteiger partial charge in [0.1, 0.15) is 0 Å². The van der Waals surface area contributed by atoms with Crippen molar-refractivity contribution >= 4 is 34.3 Å². The van der Waals surface area contributed by atoms with Gasteiger partial charge in [-0.25, -0.2) is 0 Å². The van der Waals surface area contributed by atoms with E-state index in [9.17, 15) is 0 Å². The summed E-state index contributed by atoms with van der Waals surface area (Å²) in [5.41, 5.74) is 1.27. The molecule has 0 aliphatic heterocycles. The molecule has 0 N–H and O–H groups in total. The zero-order valence-corrected chi connectivity index (χ0v) is 8.89. The van der Waals surface area contributed by atoms with E-state index in [1.54, 1.807) is 22.7 Å². The minimum atomic E-state index is 0.871. The monoisotopic (exact) mass is 214 g/mol. The molecule has 2 heterocycles. The van der Waals surface area contributed by atoms with Crippen LogP contribution in [0.3, 0.4) is 0 Å². The molecule has 0 saturated heterocycles. The Hall–Kier alpha value is -0.310. The average Bonchev–Trinajstić information content (AvgIpc) is 2.58. The van der Waals surface area contributed by atoms with Crippen LogP contribution in [-0.2, 0) is 0 Å². The standard InChI is InChI=1S/C9H7ClS2/c1-6-5-8(10)12-9(6)7-3-2-4-11-7/h2-5H,1H3. The second-order valence-electron chi connectivity index (χ2n) is 2.54. The number of hydrogen-bond donors (Lipinski definition) is 0. The fraction of sp³-hybridized carbons (Fsp3) is 0.111. The highest BCUT2D eigenvalue weighted by Crippen LogP contribution is 2.37. The molecule has 2 aromatic rings. The number of aryl methyl sites for hydroxylation is 1. The molecule has 0 nitrogen and oxygen atoms in total. The van der Waals surface area contributed by atoms with Crippen LogP contribution in [0.15, 0.2) is 23.6 Å². The first-order valence-corrected chi connectivity index (χ1v) is 5.64. The van der Waals surface area contributed by atoms with E-state index >= 15 is 0 Å². The normalized spacial score (nSPS) is 10.5. The highest BCUT2D eigenvalue weighted by Gasteiger charge is 2.06. The van der Waals surface area contributed by atoms with Gasteiger partial charge in [0, 0.05) is 9.75 Å². The van der Waals surface area contributed by atoms with Crippen molar-refractivity contribution in [2.24, 2.45) is 0 Å². The minimum Gasteiger partial charge on any atom is -0.143 e. The molecule has 2 rings (SSSR count). The van der Waals surface area contributed by atoms with E-state index in [2.05, 4.69) is 24.4 Å². The molecule has 0 atom stereocenters. The predicted octanol–water partition coefficient (Wildman–Crippen LogP) is 4.44. The molecule has 0 fully saturated rings. The van der Waals surface area contributed by atoms with E-state index in [4.69, 9.17) is 11.6 Å². The Bertz CT molecular complexity index is 373. The van der Waals surface area contributed by atoms with E-state index < -0.39 is 0 Å². The van der Waals surface area contributed by atoms with Crippen LogP contribution in [-0.4, -0.2) is 0 Å². The first-order valence-electron chi connectivity index (χ1n) is 3.57. The zero-order chi connectivity index (χ0) is 8.55. The highest BCUT2D eigenvalue weighted by molar-refractivity contribution is 7.23. The van der Waals surface area contributed by atoms with Gasteiger partial charge in [-0.2, -0.15) is 0 Å². The third-order valence-electron chi connectivity index (χ3n) is 1.63. The van der Waals surface area contributed by atoms with Crippen molar-refractivity contribution in [3.05, 3.63) is 33.5 Å². The molecule has 0 radical (unpaired) electrons. The van der Waals surface area contributed by atoms with Crippen LogP contribution in [0, 0.1) is 6.92 Å². The fourth-order valence-corrected chi connectivity index (χ4v) is 3.31. The first kappa shape index (κ1) is 8.30. The molecule has 0 unspecified atom stereocenters. The van der Waals surface area contributed by atoms with Crippen molar-refractivity contribution in [1.82, 2.24) is 0 Å². The van der Waals surface area contributed by atoms with Crippen molar-refractivity contribution in [1.29, 1.82) is 0 Å². The molecular formula is C9H7ClS2. The van der Waals surface area contributed by atoms with Crippen LogP contribution in [0.4, 0.5) is 0 Å². The maximum Gasteiger partial charge on any atom is 0.0937 e. The van der Waals surface area contributed by atoms with Crippen LogP contribution in [0.2, 0.25) is 4.34 Å². The number of hydrogen-bond acceptors (Lipinski definition) is 2. The average molecular weight is 215 g/mol. The molecule has 0 aliphatic carbocycles. The van der Waals surface area contributed by atoms with Crippen molar-refractivity contribution in [2.75, 3.05) is 0 Å². The Labute approximate surface area is 84.4 Å². The summed E-state index contributed by atoms with van der Waals surface area (Å²) in [6.07, 6.45) is 0. The third-order valence-corrected chi connectivity index (χ3v) is 4.05. The summed E-state index contributed by atoms with van der Waals surface area (Å²) in [6.45, 7) is 2.09. The lowest BCUT2D eigenvalue weighted by Gasteiger charge is -1.91. The van der Waals surface area contributed by atoms with Crippen molar-refractivity contribution in [3.63, 3.8) is 0 Å². The van der Waals surface area contributed by atoms with Crippen molar-refractivity contribution in [2.45, 2.75) is 6.92 Å². The van der Waals surface area contributed by atoms with Gasteiger partial charge in [-0.3, -0.25) is 0 Å². The van der Waals surface area contributed by atoms with Gasteiger partial charge >= 0.3 is 0 Å². The Morgan fingerprint density at radius 2 is 2.25 bits per heavy atom. The molecule has 0 spiro atoms. The smallest absolute Gasteiger partial charge is 0.0937 e. The van der Waals surface area contributed by atoms with E-state index in [-0.39, 0.29) is 0 Å². The van der Waals surface area contributed by atoms with Crippen LogP contribution < -0.4 is 0 Å². The molecule has 0 saturated carbocycles. The number of thiophene rings is 2. The van der Waals surface area contributed by atoms with E-state index in [1.807, 2.05) is 6.07 Å². The zero-order valence-electron chi connectivity index (χ0n) is 6.50. The van der Waals surface area contributed by atoms with Crippen LogP contribution in [0.5, 0.6) is 0 Å². The number of halogens is 1. The summed E-state index contributed by atoms with van der Waals surface area (Å²) in [5, 5.41) is 2.09. The molecule has 0 amide bonds. The molecule has 0 aliphatic rings. The minimum absolute atomic E-state index is 0.871. The molecule has 0 aromatic carbocycles. The van der Waals surface area contributed by atoms with Gasteiger partial charge < -0.3 is 0 Å². The van der Waals surface area contributed by atoms with Crippen LogP contribution >= 0.6 is 34.3 Å². The van der Waals surface area contributed by atoms with Gasteiger partial charge in [0.15, 0.2) is 0 Å². The highest BCUT2D eigenvalue weighted by atomic mass is 35.5. The number of rotatable bonds is 1. The van der Waals surface area contributed by atoms with Gasteiger partial charge in [-0.05, 0) is 30.0 Å².